The Bertz CT molecular complexity index is 1730. The van der Waals surface area contributed by atoms with Crippen LogP contribution in [0.3, 0.4) is 0 Å². The largest absolute Gasteiger partial charge is 0.360 e. The Morgan fingerprint density at radius 1 is 1.12 bits per heavy atom. The maximum absolute atomic E-state index is 15.0. The Hall–Kier alpha value is -3.47. The summed E-state index contributed by atoms with van der Waals surface area (Å²) in [6, 6.07) is 10.8. The van der Waals surface area contributed by atoms with E-state index in [1.165, 1.54) is 12.1 Å². The minimum atomic E-state index is -3.70. The van der Waals surface area contributed by atoms with Gasteiger partial charge in [0.1, 0.15) is 16.5 Å². The van der Waals surface area contributed by atoms with E-state index in [0.29, 0.717) is 30.0 Å². The van der Waals surface area contributed by atoms with Crippen molar-refractivity contribution in [1.29, 1.82) is 0 Å². The number of fused-ring (bicyclic) bond motifs is 1. The molecule has 1 aliphatic rings. The van der Waals surface area contributed by atoms with E-state index in [9.17, 15) is 13.2 Å². The van der Waals surface area contributed by atoms with E-state index in [1.54, 1.807) is 12.3 Å². The number of nitrogens with zero attached hydrogens (tertiary/aromatic N) is 3. The first kappa shape index (κ1) is 30.0. The molecule has 8 nitrogen and oxygen atoms in total. The van der Waals surface area contributed by atoms with E-state index in [2.05, 4.69) is 41.0 Å². The van der Waals surface area contributed by atoms with Crippen LogP contribution in [-0.2, 0) is 27.5 Å². The summed E-state index contributed by atoms with van der Waals surface area (Å²) in [5.74, 6) is -0.186. The third-order valence-electron chi connectivity index (χ3n) is 8.02. The number of sulfone groups is 1. The number of carbonyl (C=O) groups excluding carboxylic acids is 1. The quantitative estimate of drug-likeness (QED) is 0.292. The number of ketones is 1. The van der Waals surface area contributed by atoms with Crippen LogP contribution in [0.4, 0.5) is 4.39 Å². The first-order valence-electron chi connectivity index (χ1n) is 14.4. The van der Waals surface area contributed by atoms with Crippen LogP contribution in [0.15, 0.2) is 53.7 Å². The molecule has 1 fully saturated rings. The first-order valence-corrected chi connectivity index (χ1v) is 16.3. The summed E-state index contributed by atoms with van der Waals surface area (Å²) in [5.41, 5.74) is 4.45. The molecule has 0 saturated carbocycles. The monoisotopic (exact) mass is 591 g/mol. The minimum absolute atomic E-state index is 0.0479. The summed E-state index contributed by atoms with van der Waals surface area (Å²) in [5, 5.41) is 4.48. The number of H-pyrrole nitrogens is 1. The number of aromatic amines is 1. The number of benzene rings is 2. The molecule has 1 saturated heterocycles. The average Bonchev–Trinajstić information content (AvgIpc) is 3.35. The predicted octanol–water partition coefficient (Wildman–Crippen LogP) is 4.64. The molecule has 0 bridgehead atoms. The van der Waals surface area contributed by atoms with Crippen LogP contribution in [0.1, 0.15) is 49.7 Å². The van der Waals surface area contributed by atoms with Crippen LogP contribution < -0.4 is 5.32 Å². The van der Waals surface area contributed by atoms with Gasteiger partial charge in [-0.05, 0) is 49.9 Å². The molecule has 42 heavy (non-hydrogen) atoms. The smallest absolute Gasteiger partial charge is 0.178 e. The number of carbonyl (C=O) groups is 1. The summed E-state index contributed by atoms with van der Waals surface area (Å²) >= 11 is 0. The summed E-state index contributed by atoms with van der Waals surface area (Å²) in [7, 11) is -3.70. The lowest BCUT2D eigenvalue weighted by Crippen LogP contribution is -2.58. The number of piperazine rings is 1. The molecule has 2 aromatic heterocycles. The molecule has 0 aliphatic carbocycles. The molecule has 222 valence electrons. The second-order valence-electron chi connectivity index (χ2n) is 11.5. The number of para-hydroxylation sites is 1. The van der Waals surface area contributed by atoms with Gasteiger partial charge in [0.05, 0.1) is 11.7 Å². The van der Waals surface area contributed by atoms with Crippen molar-refractivity contribution in [1.82, 2.24) is 25.2 Å². The van der Waals surface area contributed by atoms with Gasteiger partial charge < -0.3 is 10.3 Å². The molecule has 5 rings (SSSR count). The molecule has 1 aliphatic heterocycles. The lowest BCUT2D eigenvalue weighted by molar-refractivity contribution is -0.124. The molecule has 0 spiro atoms. The Kier molecular flexibility index (Phi) is 8.59. The van der Waals surface area contributed by atoms with Gasteiger partial charge >= 0.3 is 0 Å². The molecule has 10 heteroatoms. The zero-order valence-corrected chi connectivity index (χ0v) is 25.6. The summed E-state index contributed by atoms with van der Waals surface area (Å²) < 4.78 is 39.0. The summed E-state index contributed by atoms with van der Waals surface area (Å²) in [6.45, 7) is 10.0. The highest BCUT2D eigenvalue weighted by molar-refractivity contribution is 7.90. The molecule has 0 unspecified atom stereocenters. The molecular formula is C32H38FN5O3S. The lowest BCUT2D eigenvalue weighted by atomic mass is 9.96. The molecule has 0 amide bonds. The number of nitrogens with one attached hydrogen (secondary N) is 2. The van der Waals surface area contributed by atoms with Gasteiger partial charge in [-0.25, -0.2) is 22.8 Å². The van der Waals surface area contributed by atoms with E-state index in [-0.39, 0.29) is 28.7 Å². The standard InChI is InChI=1S/C32H38FN5O3S/c1-6-26(38-17-20(3)36-21(4)18-38)27(39)13-23-10-7-11-24-25(16-35-32(23)24)31-19(2)15-34-29(37-31)14-22-9-8-12-28(30(22)33)42(5,40)41/h7-12,15-16,20-21,26,35-36H,6,13-14,17-18H2,1-5H3/t20-,21-,26+/m1/s1. The molecule has 2 N–H and O–H groups in total. The van der Waals surface area contributed by atoms with E-state index in [4.69, 9.17) is 4.98 Å². The highest BCUT2D eigenvalue weighted by atomic mass is 32.2. The Morgan fingerprint density at radius 2 is 1.81 bits per heavy atom. The molecular weight excluding hydrogens is 553 g/mol. The average molecular weight is 592 g/mol. The number of rotatable bonds is 9. The van der Waals surface area contributed by atoms with Crippen LogP contribution in [0.2, 0.25) is 0 Å². The zero-order chi connectivity index (χ0) is 30.2. The van der Waals surface area contributed by atoms with E-state index in [0.717, 1.165) is 53.4 Å². The number of aryl methyl sites for hydroxylation is 1. The zero-order valence-electron chi connectivity index (χ0n) is 24.7. The second-order valence-corrected chi connectivity index (χ2v) is 13.5. The van der Waals surface area contributed by atoms with Crippen LogP contribution in [0.25, 0.3) is 22.2 Å². The molecule has 4 aromatic rings. The van der Waals surface area contributed by atoms with Gasteiger partial charge in [0.2, 0.25) is 0 Å². The van der Waals surface area contributed by atoms with Crippen molar-refractivity contribution in [2.75, 3.05) is 19.3 Å². The van der Waals surface area contributed by atoms with Gasteiger partial charge in [0.15, 0.2) is 15.6 Å². The topological polar surface area (TPSA) is 108 Å². The highest BCUT2D eigenvalue weighted by Gasteiger charge is 2.30. The van der Waals surface area contributed by atoms with Crippen LogP contribution >= 0.6 is 0 Å². The summed E-state index contributed by atoms with van der Waals surface area (Å²) in [6.07, 6.45) is 5.71. The van der Waals surface area contributed by atoms with Crippen molar-refractivity contribution in [3.63, 3.8) is 0 Å². The van der Waals surface area contributed by atoms with E-state index < -0.39 is 15.7 Å². The van der Waals surface area contributed by atoms with Crippen molar-refractivity contribution in [2.45, 2.75) is 70.0 Å². The predicted molar refractivity (Wildman–Crippen MR) is 163 cm³/mol. The van der Waals surface area contributed by atoms with Crippen LogP contribution in [-0.4, -0.2) is 71.5 Å². The molecule has 0 radical (unpaired) electrons. The maximum atomic E-state index is 15.0. The normalized spacial score (nSPS) is 18.8. The summed E-state index contributed by atoms with van der Waals surface area (Å²) in [4.78, 5) is 28.1. The van der Waals surface area contributed by atoms with Gasteiger partial charge in [-0.2, -0.15) is 0 Å². The second kappa shape index (κ2) is 12.0. The maximum Gasteiger partial charge on any atom is 0.178 e. The van der Waals surface area contributed by atoms with Crippen LogP contribution in [0.5, 0.6) is 0 Å². The van der Waals surface area contributed by atoms with Crippen molar-refractivity contribution in [3.05, 3.63) is 77.1 Å². The van der Waals surface area contributed by atoms with Crippen molar-refractivity contribution in [2.24, 2.45) is 0 Å². The number of halogens is 1. The fraction of sp³-hybridized carbons (Fsp3) is 0.406. The number of aromatic nitrogens is 3. The van der Waals surface area contributed by atoms with Crippen molar-refractivity contribution < 1.29 is 17.6 Å². The van der Waals surface area contributed by atoms with Gasteiger partial charge in [0.25, 0.3) is 0 Å². The van der Waals surface area contributed by atoms with Crippen LogP contribution in [0, 0.1) is 12.7 Å². The van der Waals surface area contributed by atoms with Crippen molar-refractivity contribution >= 4 is 26.5 Å². The van der Waals surface area contributed by atoms with Gasteiger partial charge in [0, 0.05) is 73.1 Å². The minimum Gasteiger partial charge on any atom is -0.360 e. The third-order valence-corrected chi connectivity index (χ3v) is 9.13. The Labute approximate surface area is 246 Å². The van der Waals surface area contributed by atoms with Crippen molar-refractivity contribution in [3.8, 4) is 11.3 Å². The van der Waals surface area contributed by atoms with Gasteiger partial charge in [-0.1, -0.05) is 37.3 Å². The molecule has 3 heterocycles. The fourth-order valence-electron chi connectivity index (χ4n) is 6.16. The number of hydrogen-bond acceptors (Lipinski definition) is 7. The number of Topliss-reactive ketones (excluding diaryl/α,β-unsaturated/α-hetero) is 1. The Morgan fingerprint density at radius 3 is 2.50 bits per heavy atom. The lowest BCUT2D eigenvalue weighted by Gasteiger charge is -2.40. The SMILES string of the molecule is CC[C@@H](C(=O)Cc1cccc2c(-c3nc(Cc4cccc(S(C)(=O)=O)c4F)ncc3C)c[nH]c12)N1C[C@@H](C)N[C@H](C)C1. The Balaban J connectivity index is 1.43. The van der Waals surface area contributed by atoms with E-state index >= 15 is 4.39 Å². The molecule has 2 aromatic carbocycles. The highest BCUT2D eigenvalue weighted by Crippen LogP contribution is 2.32. The van der Waals surface area contributed by atoms with Gasteiger partial charge in [-0.15, -0.1) is 0 Å². The number of hydrogen-bond donors (Lipinski definition) is 2. The third kappa shape index (κ3) is 6.16. The fourth-order valence-corrected chi connectivity index (χ4v) is 6.95. The molecule has 3 atom stereocenters. The first-order chi connectivity index (χ1) is 20.0. The van der Waals surface area contributed by atoms with E-state index in [1.807, 2.05) is 31.3 Å². The van der Waals surface area contributed by atoms with Gasteiger partial charge in [-0.3, -0.25) is 9.69 Å².